The van der Waals surface area contributed by atoms with Gasteiger partial charge in [-0.25, -0.2) is 4.98 Å². The third kappa shape index (κ3) is 5.23. The molecule has 108 valence electrons. The molecule has 0 bridgehead atoms. The van der Waals surface area contributed by atoms with Crippen LogP contribution in [0.4, 0.5) is 0 Å². The number of nitrogens with zero attached hydrogens (tertiary/aromatic N) is 2. The highest BCUT2D eigenvalue weighted by Crippen LogP contribution is 2.23. The smallest absolute Gasteiger partial charge is 0.331 e. The monoisotopic (exact) mass is 351 g/mol. The number of thioether (sulfide) groups is 1. The number of aryl methyl sites for hydroxylation is 1. The summed E-state index contributed by atoms with van der Waals surface area (Å²) < 4.78 is 11.4. The number of hydrogen-bond donors (Lipinski definition) is 0. The third-order valence-electron chi connectivity index (χ3n) is 2.00. The standard InChI is InChI=1S/C11H16N2O4S.BrH/c1-4-16-9(14)8(10(15)17-5-2)18-11-12-6-7-13(11)3;/h6-8H,4-5H2,1-3H3;1H/p-1. The van der Waals surface area contributed by atoms with Crippen LogP contribution in [0.1, 0.15) is 13.8 Å². The van der Waals surface area contributed by atoms with Crippen LogP contribution in [0.5, 0.6) is 0 Å². The van der Waals surface area contributed by atoms with E-state index in [1.807, 2.05) is 0 Å². The lowest BCUT2D eigenvalue weighted by Gasteiger charge is -2.13. The van der Waals surface area contributed by atoms with Crippen LogP contribution in [0.3, 0.4) is 0 Å². The summed E-state index contributed by atoms with van der Waals surface area (Å²) in [5.74, 6) is -1.21. The van der Waals surface area contributed by atoms with Crippen molar-refractivity contribution in [2.24, 2.45) is 7.05 Å². The lowest BCUT2D eigenvalue weighted by Crippen LogP contribution is -3.00. The molecule has 0 saturated heterocycles. The molecule has 1 aromatic rings. The molecule has 0 unspecified atom stereocenters. The van der Waals surface area contributed by atoms with Crippen LogP contribution >= 0.6 is 11.8 Å². The lowest BCUT2D eigenvalue weighted by molar-refractivity contribution is -0.152. The predicted octanol–water partition coefficient (Wildman–Crippen LogP) is -1.99. The topological polar surface area (TPSA) is 70.4 Å². The molecule has 6 nitrogen and oxygen atoms in total. The van der Waals surface area contributed by atoms with Gasteiger partial charge in [0.25, 0.3) is 0 Å². The SMILES string of the molecule is CCOC(=O)C(Sc1nccn1C)C(=O)OCC.[Br-]. The van der Waals surface area contributed by atoms with E-state index >= 15 is 0 Å². The fraction of sp³-hybridized carbons (Fsp3) is 0.545. The molecular formula is C11H16BrN2O4S-. The molecular weight excluding hydrogens is 336 g/mol. The predicted molar refractivity (Wildman–Crippen MR) is 66.1 cm³/mol. The summed E-state index contributed by atoms with van der Waals surface area (Å²) in [5, 5.41) is -0.480. The highest BCUT2D eigenvalue weighted by atomic mass is 79.9. The van der Waals surface area contributed by atoms with E-state index in [9.17, 15) is 9.59 Å². The normalized spacial score (nSPS) is 9.89. The van der Waals surface area contributed by atoms with Crippen LogP contribution in [0.15, 0.2) is 17.6 Å². The summed E-state index contributed by atoms with van der Waals surface area (Å²) in [6.45, 7) is 3.81. The van der Waals surface area contributed by atoms with Gasteiger partial charge >= 0.3 is 11.9 Å². The van der Waals surface area contributed by atoms with Gasteiger partial charge in [-0.1, -0.05) is 11.8 Å². The maximum absolute atomic E-state index is 11.7. The number of carbonyl (C=O) groups is 2. The molecule has 0 aliphatic heterocycles. The molecule has 0 amide bonds. The summed E-state index contributed by atoms with van der Waals surface area (Å²) in [6, 6.07) is 0. The van der Waals surface area contributed by atoms with E-state index < -0.39 is 17.2 Å². The van der Waals surface area contributed by atoms with Crippen LogP contribution in [-0.4, -0.2) is 40.0 Å². The summed E-state index contributed by atoms with van der Waals surface area (Å²) in [7, 11) is 1.78. The van der Waals surface area contributed by atoms with Crippen molar-refractivity contribution in [2.45, 2.75) is 24.3 Å². The highest BCUT2D eigenvalue weighted by molar-refractivity contribution is 8.01. The van der Waals surface area contributed by atoms with Crippen molar-refractivity contribution in [3.63, 3.8) is 0 Å². The number of halogens is 1. The van der Waals surface area contributed by atoms with Gasteiger partial charge in [0.15, 0.2) is 5.16 Å². The van der Waals surface area contributed by atoms with Crippen molar-refractivity contribution < 1.29 is 36.0 Å². The first-order chi connectivity index (χ1) is 8.60. The number of rotatable bonds is 6. The van der Waals surface area contributed by atoms with Gasteiger partial charge in [0, 0.05) is 19.4 Å². The van der Waals surface area contributed by atoms with Gasteiger partial charge in [0.2, 0.25) is 5.25 Å². The molecule has 19 heavy (non-hydrogen) atoms. The molecule has 0 spiro atoms. The second-order valence-electron chi connectivity index (χ2n) is 3.32. The van der Waals surface area contributed by atoms with Crippen molar-refractivity contribution in [1.82, 2.24) is 9.55 Å². The number of imidazole rings is 1. The molecule has 0 aliphatic carbocycles. The summed E-state index contributed by atoms with van der Waals surface area (Å²) >= 11 is 1.02. The summed E-state index contributed by atoms with van der Waals surface area (Å²) in [6.07, 6.45) is 3.32. The van der Waals surface area contributed by atoms with Gasteiger partial charge < -0.3 is 31.0 Å². The van der Waals surface area contributed by atoms with E-state index in [4.69, 9.17) is 9.47 Å². The Hall–Kier alpha value is -1.02. The average Bonchev–Trinajstić information content (AvgIpc) is 2.72. The molecule has 0 aliphatic rings. The highest BCUT2D eigenvalue weighted by Gasteiger charge is 2.32. The number of ether oxygens (including phenoxy) is 2. The Balaban J connectivity index is 0.00000324. The van der Waals surface area contributed by atoms with Crippen LogP contribution in [0, 0.1) is 0 Å². The Kier molecular flexibility index (Phi) is 8.49. The van der Waals surface area contributed by atoms with Crippen molar-refractivity contribution in [2.75, 3.05) is 13.2 Å². The first kappa shape index (κ1) is 18.0. The Labute approximate surface area is 126 Å². The van der Waals surface area contributed by atoms with E-state index in [1.165, 1.54) is 0 Å². The molecule has 0 aromatic carbocycles. The Morgan fingerprint density at radius 3 is 2.21 bits per heavy atom. The molecule has 0 radical (unpaired) electrons. The molecule has 8 heteroatoms. The van der Waals surface area contributed by atoms with Gasteiger partial charge in [0.1, 0.15) is 0 Å². The van der Waals surface area contributed by atoms with Gasteiger partial charge in [0.05, 0.1) is 13.2 Å². The largest absolute Gasteiger partial charge is 1.00 e. The van der Waals surface area contributed by atoms with Gasteiger partial charge in [-0.15, -0.1) is 0 Å². The number of carbonyl (C=O) groups excluding carboxylic acids is 2. The van der Waals surface area contributed by atoms with Crippen LogP contribution < -0.4 is 17.0 Å². The molecule has 0 saturated carbocycles. The second-order valence-corrected chi connectivity index (χ2v) is 4.39. The minimum absolute atomic E-state index is 0. The number of esters is 2. The van der Waals surface area contributed by atoms with Crippen LogP contribution in [-0.2, 0) is 26.1 Å². The summed E-state index contributed by atoms with van der Waals surface area (Å²) in [4.78, 5) is 27.5. The van der Waals surface area contributed by atoms with Gasteiger partial charge in [-0.05, 0) is 13.8 Å². The fourth-order valence-corrected chi connectivity index (χ4v) is 2.09. The number of hydrogen-bond acceptors (Lipinski definition) is 6. The van der Waals surface area contributed by atoms with Gasteiger partial charge in [-0.3, -0.25) is 9.59 Å². The van der Waals surface area contributed by atoms with Gasteiger partial charge in [-0.2, -0.15) is 0 Å². The average molecular weight is 352 g/mol. The Morgan fingerprint density at radius 1 is 1.32 bits per heavy atom. The van der Waals surface area contributed by atoms with Crippen LogP contribution in [0.2, 0.25) is 0 Å². The third-order valence-corrected chi connectivity index (χ3v) is 3.23. The second kappa shape index (κ2) is 8.98. The number of aromatic nitrogens is 2. The minimum atomic E-state index is -1.04. The lowest BCUT2D eigenvalue weighted by atomic mass is 10.4. The Morgan fingerprint density at radius 2 is 1.84 bits per heavy atom. The van der Waals surface area contributed by atoms with E-state index in [1.54, 1.807) is 37.9 Å². The molecule has 0 fully saturated rings. The quantitative estimate of drug-likeness (QED) is 0.336. The van der Waals surface area contributed by atoms with Crippen molar-refractivity contribution in [3.8, 4) is 0 Å². The van der Waals surface area contributed by atoms with Crippen LogP contribution in [0.25, 0.3) is 0 Å². The minimum Gasteiger partial charge on any atom is -1.00 e. The van der Waals surface area contributed by atoms with E-state index in [-0.39, 0.29) is 30.2 Å². The first-order valence-electron chi connectivity index (χ1n) is 5.57. The van der Waals surface area contributed by atoms with E-state index in [2.05, 4.69) is 4.98 Å². The zero-order chi connectivity index (χ0) is 13.5. The van der Waals surface area contributed by atoms with Crippen molar-refractivity contribution in [1.29, 1.82) is 0 Å². The maximum Gasteiger partial charge on any atom is 0.331 e. The summed E-state index contributed by atoms with van der Waals surface area (Å²) in [5.41, 5.74) is 0. The van der Waals surface area contributed by atoms with E-state index in [0.717, 1.165) is 11.8 Å². The molecule has 1 aromatic heterocycles. The van der Waals surface area contributed by atoms with Crippen molar-refractivity contribution >= 4 is 23.7 Å². The maximum atomic E-state index is 11.7. The van der Waals surface area contributed by atoms with Crippen molar-refractivity contribution in [3.05, 3.63) is 12.4 Å². The zero-order valence-corrected chi connectivity index (χ0v) is 13.4. The zero-order valence-electron chi connectivity index (χ0n) is 11.0. The first-order valence-corrected chi connectivity index (χ1v) is 6.45. The molecule has 0 N–H and O–H groups in total. The molecule has 0 atom stereocenters. The molecule has 1 rings (SSSR count). The van der Waals surface area contributed by atoms with E-state index in [0.29, 0.717) is 5.16 Å². The Bertz CT molecular complexity index is 407. The molecule has 1 heterocycles. The fourth-order valence-electron chi connectivity index (χ4n) is 1.20.